The zero-order valence-electron chi connectivity index (χ0n) is 9.88. The van der Waals surface area contributed by atoms with E-state index in [1.54, 1.807) is 0 Å². The number of aromatic nitrogens is 3. The maximum absolute atomic E-state index is 11.5. The molecule has 0 radical (unpaired) electrons. The Morgan fingerprint density at radius 1 is 1.59 bits per heavy atom. The molecule has 1 unspecified atom stereocenters. The number of amides is 1. The van der Waals surface area contributed by atoms with Crippen molar-refractivity contribution in [1.29, 1.82) is 0 Å². The van der Waals surface area contributed by atoms with Gasteiger partial charge in [-0.3, -0.25) is 9.59 Å². The van der Waals surface area contributed by atoms with E-state index in [1.807, 2.05) is 13.8 Å². The minimum absolute atomic E-state index is 0.0379. The molecule has 94 valence electrons. The molecule has 1 amide bonds. The van der Waals surface area contributed by atoms with Gasteiger partial charge < -0.3 is 10.4 Å². The first-order chi connectivity index (χ1) is 8.02. The smallest absolute Gasteiger partial charge is 0.325 e. The highest BCUT2D eigenvalue weighted by Gasteiger charge is 2.11. The van der Waals surface area contributed by atoms with E-state index in [-0.39, 0.29) is 24.9 Å². The molecule has 0 aliphatic heterocycles. The molecule has 1 rings (SSSR count). The van der Waals surface area contributed by atoms with Gasteiger partial charge in [-0.25, -0.2) is 4.68 Å². The largest absolute Gasteiger partial charge is 0.480 e. The molecule has 0 saturated carbocycles. The first-order valence-corrected chi connectivity index (χ1v) is 5.41. The summed E-state index contributed by atoms with van der Waals surface area (Å²) in [4.78, 5) is 21.9. The van der Waals surface area contributed by atoms with Gasteiger partial charge in [-0.2, -0.15) is 0 Å². The predicted molar refractivity (Wildman–Crippen MR) is 59.0 cm³/mol. The highest BCUT2D eigenvalue weighted by Crippen LogP contribution is 2.00. The number of hydrogen-bond donors (Lipinski definition) is 2. The van der Waals surface area contributed by atoms with Crippen LogP contribution in [0, 0.1) is 5.92 Å². The standard InChI is InChI=1S/C10H16N4O3/c1-3-7(2)10(17)11-4-8-5-14(13-12-8)6-9(15)16/h5,7H,3-4,6H2,1-2H3,(H,11,17)(H,15,16). The average Bonchev–Trinajstić information content (AvgIpc) is 2.71. The predicted octanol–water partition coefficient (Wildman–Crippen LogP) is 0.0250. The Morgan fingerprint density at radius 2 is 2.29 bits per heavy atom. The van der Waals surface area contributed by atoms with Gasteiger partial charge in [-0.1, -0.05) is 19.1 Å². The van der Waals surface area contributed by atoms with E-state index >= 15 is 0 Å². The summed E-state index contributed by atoms with van der Waals surface area (Å²) in [5.74, 6) is -1.06. The van der Waals surface area contributed by atoms with Crippen LogP contribution >= 0.6 is 0 Å². The molecule has 1 aromatic heterocycles. The van der Waals surface area contributed by atoms with Crippen LogP contribution in [-0.4, -0.2) is 32.0 Å². The number of hydrogen-bond acceptors (Lipinski definition) is 4. The molecule has 0 aliphatic rings. The van der Waals surface area contributed by atoms with E-state index in [9.17, 15) is 9.59 Å². The third-order valence-corrected chi connectivity index (χ3v) is 2.39. The molecule has 1 heterocycles. The molecule has 0 aromatic carbocycles. The second kappa shape index (κ2) is 5.97. The van der Waals surface area contributed by atoms with E-state index in [1.165, 1.54) is 10.9 Å². The minimum Gasteiger partial charge on any atom is -0.480 e. The molecule has 0 bridgehead atoms. The number of carbonyl (C=O) groups is 2. The van der Waals surface area contributed by atoms with Crippen molar-refractivity contribution in [2.75, 3.05) is 0 Å². The summed E-state index contributed by atoms with van der Waals surface area (Å²) in [5, 5.41) is 18.6. The SMILES string of the molecule is CCC(C)C(=O)NCc1cn(CC(=O)O)nn1. The molecule has 0 saturated heterocycles. The molecule has 1 atom stereocenters. The van der Waals surface area contributed by atoms with Crippen LogP contribution < -0.4 is 5.32 Å². The molecule has 7 nitrogen and oxygen atoms in total. The summed E-state index contributed by atoms with van der Waals surface area (Å²) in [6.45, 7) is 3.82. The van der Waals surface area contributed by atoms with Gasteiger partial charge in [0.1, 0.15) is 12.2 Å². The van der Waals surface area contributed by atoms with Gasteiger partial charge in [0.15, 0.2) is 0 Å². The third-order valence-electron chi connectivity index (χ3n) is 2.39. The van der Waals surface area contributed by atoms with E-state index in [0.717, 1.165) is 6.42 Å². The lowest BCUT2D eigenvalue weighted by molar-refractivity contribution is -0.138. The normalized spacial score (nSPS) is 12.1. The van der Waals surface area contributed by atoms with Crippen LogP contribution in [0.5, 0.6) is 0 Å². The Morgan fingerprint density at radius 3 is 2.88 bits per heavy atom. The van der Waals surface area contributed by atoms with E-state index in [4.69, 9.17) is 5.11 Å². The second-order valence-electron chi connectivity index (χ2n) is 3.83. The maximum atomic E-state index is 11.5. The van der Waals surface area contributed by atoms with E-state index in [0.29, 0.717) is 5.69 Å². The van der Waals surface area contributed by atoms with E-state index in [2.05, 4.69) is 15.6 Å². The van der Waals surface area contributed by atoms with Crippen molar-refractivity contribution in [3.8, 4) is 0 Å². The summed E-state index contributed by atoms with van der Waals surface area (Å²) in [7, 11) is 0. The zero-order valence-corrected chi connectivity index (χ0v) is 9.88. The maximum Gasteiger partial charge on any atom is 0.325 e. The fraction of sp³-hybridized carbons (Fsp3) is 0.600. The van der Waals surface area contributed by atoms with Crippen LogP contribution in [0.25, 0.3) is 0 Å². The minimum atomic E-state index is -0.981. The number of aliphatic carboxylic acids is 1. The quantitative estimate of drug-likeness (QED) is 0.730. The summed E-state index contributed by atoms with van der Waals surface area (Å²) in [6.07, 6.45) is 2.28. The van der Waals surface area contributed by atoms with Gasteiger partial charge in [-0.15, -0.1) is 5.10 Å². The van der Waals surface area contributed by atoms with Crippen molar-refractivity contribution in [3.63, 3.8) is 0 Å². The lowest BCUT2D eigenvalue weighted by Crippen LogP contribution is -2.28. The van der Waals surface area contributed by atoms with Crippen molar-refractivity contribution >= 4 is 11.9 Å². The van der Waals surface area contributed by atoms with Crippen molar-refractivity contribution in [3.05, 3.63) is 11.9 Å². The van der Waals surface area contributed by atoms with Crippen LogP contribution in [-0.2, 0) is 22.7 Å². The van der Waals surface area contributed by atoms with Crippen LogP contribution in [0.2, 0.25) is 0 Å². The first kappa shape index (κ1) is 13.1. The van der Waals surface area contributed by atoms with E-state index < -0.39 is 5.97 Å². The summed E-state index contributed by atoms with van der Waals surface area (Å²) >= 11 is 0. The van der Waals surface area contributed by atoms with Gasteiger partial charge in [-0.05, 0) is 6.42 Å². The Balaban J connectivity index is 2.44. The highest BCUT2D eigenvalue weighted by molar-refractivity contribution is 5.78. The van der Waals surface area contributed by atoms with Crippen LogP contribution in [0.1, 0.15) is 26.0 Å². The van der Waals surface area contributed by atoms with Gasteiger partial charge in [0.2, 0.25) is 5.91 Å². The molecule has 7 heteroatoms. The molecule has 0 spiro atoms. The second-order valence-corrected chi connectivity index (χ2v) is 3.83. The Kier molecular flexibility index (Phi) is 4.62. The van der Waals surface area contributed by atoms with Crippen LogP contribution in [0.3, 0.4) is 0 Å². The summed E-state index contributed by atoms with van der Waals surface area (Å²) in [6, 6.07) is 0. The van der Waals surface area contributed by atoms with Crippen molar-refractivity contribution in [2.24, 2.45) is 5.92 Å². The highest BCUT2D eigenvalue weighted by atomic mass is 16.4. The summed E-state index contributed by atoms with van der Waals surface area (Å²) < 4.78 is 1.22. The van der Waals surface area contributed by atoms with Crippen LogP contribution in [0.4, 0.5) is 0 Å². The first-order valence-electron chi connectivity index (χ1n) is 5.41. The van der Waals surface area contributed by atoms with Gasteiger partial charge in [0.05, 0.1) is 12.7 Å². The fourth-order valence-corrected chi connectivity index (χ4v) is 1.17. The molecular weight excluding hydrogens is 224 g/mol. The van der Waals surface area contributed by atoms with Gasteiger partial charge >= 0.3 is 5.97 Å². The van der Waals surface area contributed by atoms with Gasteiger partial charge in [0.25, 0.3) is 0 Å². The number of carboxylic acids is 1. The van der Waals surface area contributed by atoms with Crippen molar-refractivity contribution in [2.45, 2.75) is 33.4 Å². The number of nitrogens with zero attached hydrogens (tertiary/aromatic N) is 3. The van der Waals surface area contributed by atoms with Crippen LogP contribution in [0.15, 0.2) is 6.20 Å². The third kappa shape index (κ3) is 4.21. The molecule has 0 aliphatic carbocycles. The monoisotopic (exact) mass is 240 g/mol. The Hall–Kier alpha value is -1.92. The van der Waals surface area contributed by atoms with Crippen molar-refractivity contribution < 1.29 is 14.7 Å². The molecular formula is C10H16N4O3. The molecule has 1 aromatic rings. The number of nitrogens with one attached hydrogen (secondary N) is 1. The fourth-order valence-electron chi connectivity index (χ4n) is 1.17. The zero-order chi connectivity index (χ0) is 12.8. The van der Waals surface area contributed by atoms with Crippen molar-refractivity contribution in [1.82, 2.24) is 20.3 Å². The lowest BCUT2D eigenvalue weighted by Gasteiger charge is -2.07. The number of rotatable bonds is 6. The number of carboxylic acid groups (broad SMARTS) is 1. The lowest BCUT2D eigenvalue weighted by atomic mass is 10.1. The summed E-state index contributed by atoms with van der Waals surface area (Å²) in [5.41, 5.74) is 0.544. The van der Waals surface area contributed by atoms with Gasteiger partial charge in [0, 0.05) is 5.92 Å². The Bertz CT molecular complexity index is 402. The molecule has 2 N–H and O–H groups in total. The molecule has 17 heavy (non-hydrogen) atoms. The average molecular weight is 240 g/mol. The molecule has 0 fully saturated rings. The topological polar surface area (TPSA) is 97.1 Å². The number of carbonyl (C=O) groups excluding carboxylic acids is 1. The Labute approximate surface area is 98.8 Å².